The summed E-state index contributed by atoms with van der Waals surface area (Å²) >= 11 is 0. The van der Waals surface area contributed by atoms with Gasteiger partial charge in [0.05, 0.1) is 0 Å². The standard InChI is InChI=1S/C5H9N2/c6-5-4-1-2-7(5)3-4/h4H,1-3,6H2. The quantitative estimate of drug-likeness (QED) is 0.452. The van der Waals surface area contributed by atoms with Crippen LogP contribution < -0.4 is 5.73 Å². The van der Waals surface area contributed by atoms with E-state index in [0.717, 1.165) is 12.1 Å². The van der Waals surface area contributed by atoms with Gasteiger partial charge in [0.1, 0.15) is 6.17 Å². The van der Waals surface area contributed by atoms with Crippen LogP contribution in [0, 0.1) is 12.1 Å². The molecule has 2 unspecified atom stereocenters. The first-order valence-corrected chi connectivity index (χ1v) is 2.75. The second kappa shape index (κ2) is 1.01. The Morgan fingerprint density at radius 1 is 1.71 bits per heavy atom. The van der Waals surface area contributed by atoms with Crippen LogP contribution in [0.2, 0.25) is 0 Å². The first-order valence-electron chi connectivity index (χ1n) is 2.75. The summed E-state index contributed by atoms with van der Waals surface area (Å²) < 4.78 is 0. The summed E-state index contributed by atoms with van der Waals surface area (Å²) in [6.45, 7) is 2.46. The Bertz CT molecular complexity index is 78.1. The van der Waals surface area contributed by atoms with Gasteiger partial charge in [-0.3, -0.25) is 4.90 Å². The van der Waals surface area contributed by atoms with Gasteiger partial charge in [-0.25, -0.2) is 0 Å². The van der Waals surface area contributed by atoms with Crippen molar-refractivity contribution in [1.82, 2.24) is 4.90 Å². The number of rotatable bonds is 0. The van der Waals surface area contributed by atoms with Crippen LogP contribution in [0.25, 0.3) is 0 Å². The van der Waals surface area contributed by atoms with Gasteiger partial charge in [0, 0.05) is 19.0 Å². The van der Waals surface area contributed by atoms with E-state index in [1.165, 1.54) is 19.5 Å². The van der Waals surface area contributed by atoms with Gasteiger partial charge in [-0.2, -0.15) is 0 Å². The molecule has 7 heavy (non-hydrogen) atoms. The highest BCUT2D eigenvalue weighted by molar-refractivity contribution is 5.08. The third-order valence-corrected chi connectivity index (χ3v) is 1.97. The van der Waals surface area contributed by atoms with Crippen LogP contribution in [0.1, 0.15) is 6.42 Å². The highest BCUT2D eigenvalue weighted by atomic mass is 15.3. The molecule has 0 saturated carbocycles. The van der Waals surface area contributed by atoms with E-state index in [9.17, 15) is 0 Å². The maximum Gasteiger partial charge on any atom is 0.106 e. The predicted octanol–water partition coefficient (Wildman–Crippen LogP) is -0.230. The van der Waals surface area contributed by atoms with Crippen LogP contribution in [0.15, 0.2) is 0 Å². The molecular formula is C5H9N2. The van der Waals surface area contributed by atoms with Crippen LogP contribution in [0.3, 0.4) is 0 Å². The van der Waals surface area contributed by atoms with Crippen LogP contribution >= 0.6 is 0 Å². The first-order chi connectivity index (χ1) is 3.38. The maximum absolute atomic E-state index is 5.57. The van der Waals surface area contributed by atoms with E-state index in [4.69, 9.17) is 5.73 Å². The molecule has 0 aromatic carbocycles. The second-order valence-corrected chi connectivity index (χ2v) is 2.36. The van der Waals surface area contributed by atoms with Gasteiger partial charge < -0.3 is 5.73 Å². The summed E-state index contributed by atoms with van der Waals surface area (Å²) in [6, 6.07) is 0. The third kappa shape index (κ3) is 0.318. The fraction of sp³-hybridized carbons (Fsp3) is 0.800. The van der Waals surface area contributed by atoms with Gasteiger partial charge in [0.15, 0.2) is 0 Å². The Morgan fingerprint density at radius 2 is 2.57 bits per heavy atom. The number of nitrogens with zero attached hydrogens (tertiary/aromatic N) is 1. The molecule has 2 bridgehead atoms. The lowest BCUT2D eigenvalue weighted by Crippen LogP contribution is -2.45. The van der Waals surface area contributed by atoms with E-state index >= 15 is 0 Å². The Hall–Kier alpha value is -0.0800. The first kappa shape index (κ1) is 3.87. The third-order valence-electron chi connectivity index (χ3n) is 1.97. The lowest BCUT2D eigenvalue weighted by molar-refractivity contribution is 0.211. The van der Waals surface area contributed by atoms with Crippen LogP contribution in [-0.2, 0) is 0 Å². The molecule has 2 N–H and O–H groups in total. The lowest BCUT2D eigenvalue weighted by atomic mass is 10.0. The molecular weight excluding hydrogens is 88.1 g/mol. The molecule has 2 atom stereocenters. The zero-order valence-corrected chi connectivity index (χ0v) is 4.22. The van der Waals surface area contributed by atoms with E-state index in [-0.39, 0.29) is 0 Å². The number of hydrogen-bond acceptors (Lipinski definition) is 2. The topological polar surface area (TPSA) is 29.3 Å². The molecule has 39 valence electrons. The second-order valence-electron chi connectivity index (χ2n) is 2.36. The minimum Gasteiger partial charge on any atom is -0.310 e. The van der Waals surface area contributed by atoms with Gasteiger partial charge in [-0.15, -0.1) is 0 Å². The van der Waals surface area contributed by atoms with E-state index in [1.807, 2.05) is 0 Å². The van der Waals surface area contributed by atoms with Crippen molar-refractivity contribution in [2.75, 3.05) is 13.1 Å². The Kier molecular flexibility index (Phi) is 0.557. The normalized spacial score (nSPS) is 49.3. The van der Waals surface area contributed by atoms with Crippen molar-refractivity contribution < 1.29 is 0 Å². The summed E-state index contributed by atoms with van der Waals surface area (Å²) in [5.41, 5.74) is 5.57. The van der Waals surface area contributed by atoms with Crippen molar-refractivity contribution in [3.63, 3.8) is 0 Å². The summed E-state index contributed by atoms with van der Waals surface area (Å²) in [5, 5.41) is 0. The monoisotopic (exact) mass is 97.1 g/mol. The SMILES string of the molecule is N[C]1C2CCN1C2. The molecule has 3 aliphatic heterocycles. The van der Waals surface area contributed by atoms with Crippen molar-refractivity contribution in [2.24, 2.45) is 11.7 Å². The molecule has 3 rings (SSSR count). The molecule has 0 amide bonds. The average molecular weight is 97.1 g/mol. The average Bonchev–Trinajstić information content (AvgIpc) is 2.18. The van der Waals surface area contributed by atoms with E-state index in [1.54, 1.807) is 0 Å². The molecule has 2 nitrogen and oxygen atoms in total. The smallest absolute Gasteiger partial charge is 0.106 e. The van der Waals surface area contributed by atoms with Crippen molar-refractivity contribution in [1.29, 1.82) is 0 Å². The Labute approximate surface area is 43.3 Å². The fourth-order valence-corrected chi connectivity index (χ4v) is 1.38. The molecule has 0 aromatic heterocycles. The van der Waals surface area contributed by atoms with Crippen molar-refractivity contribution in [3.05, 3.63) is 6.17 Å². The van der Waals surface area contributed by atoms with Gasteiger partial charge in [-0.1, -0.05) is 0 Å². The molecule has 3 saturated heterocycles. The molecule has 0 aromatic rings. The molecule has 3 aliphatic rings. The summed E-state index contributed by atoms with van der Waals surface area (Å²) in [7, 11) is 0. The number of nitrogens with two attached hydrogens (primary N) is 1. The van der Waals surface area contributed by atoms with Gasteiger partial charge in [0.25, 0.3) is 0 Å². The predicted molar refractivity (Wildman–Crippen MR) is 27.1 cm³/mol. The molecule has 2 heteroatoms. The van der Waals surface area contributed by atoms with Crippen LogP contribution in [0.5, 0.6) is 0 Å². The maximum atomic E-state index is 5.57. The minimum absolute atomic E-state index is 0.778. The summed E-state index contributed by atoms with van der Waals surface area (Å²) in [5.74, 6) is 0.778. The molecule has 0 aliphatic carbocycles. The summed E-state index contributed by atoms with van der Waals surface area (Å²) in [6.07, 6.45) is 2.45. The van der Waals surface area contributed by atoms with E-state index in [0.29, 0.717) is 0 Å². The zero-order valence-electron chi connectivity index (χ0n) is 4.22. The van der Waals surface area contributed by atoms with Crippen molar-refractivity contribution in [2.45, 2.75) is 6.42 Å². The zero-order chi connectivity index (χ0) is 4.85. The Balaban J connectivity index is 2.14. The highest BCUT2D eigenvalue weighted by Gasteiger charge is 2.42. The van der Waals surface area contributed by atoms with Crippen LogP contribution in [-0.4, -0.2) is 18.0 Å². The van der Waals surface area contributed by atoms with E-state index < -0.39 is 0 Å². The van der Waals surface area contributed by atoms with Gasteiger partial charge >= 0.3 is 0 Å². The molecule has 3 heterocycles. The number of hydrogen-bond donors (Lipinski definition) is 1. The molecule has 3 fully saturated rings. The van der Waals surface area contributed by atoms with Gasteiger partial charge in [0.2, 0.25) is 0 Å². The lowest BCUT2D eigenvalue weighted by Gasteiger charge is -2.33. The van der Waals surface area contributed by atoms with E-state index in [2.05, 4.69) is 4.90 Å². The van der Waals surface area contributed by atoms with Crippen molar-refractivity contribution in [3.8, 4) is 0 Å². The minimum atomic E-state index is 0.778. The molecule has 0 spiro atoms. The fourth-order valence-electron chi connectivity index (χ4n) is 1.38. The highest BCUT2D eigenvalue weighted by Crippen LogP contribution is 2.37. The van der Waals surface area contributed by atoms with Crippen molar-refractivity contribution >= 4 is 0 Å². The van der Waals surface area contributed by atoms with Gasteiger partial charge in [-0.05, 0) is 6.42 Å². The molecule has 1 radical (unpaired) electrons. The van der Waals surface area contributed by atoms with Crippen LogP contribution in [0.4, 0.5) is 0 Å². The Morgan fingerprint density at radius 3 is 2.71 bits per heavy atom. The largest absolute Gasteiger partial charge is 0.310 e. The number of fused-ring (bicyclic) bond motifs is 1. The summed E-state index contributed by atoms with van der Waals surface area (Å²) in [4.78, 5) is 2.24.